The molecule has 1 heterocycles. The van der Waals surface area contributed by atoms with Crippen LogP contribution in [-0.2, 0) is 0 Å². The smallest absolute Gasteiger partial charge is 0.136 e. The second-order valence-corrected chi connectivity index (χ2v) is 13.3. The Morgan fingerprint density at radius 3 is 1.73 bits per heavy atom. The van der Waals surface area contributed by atoms with E-state index >= 15 is 0 Å². The van der Waals surface area contributed by atoms with E-state index in [1.165, 1.54) is 43.8 Å². The molecule has 52 heavy (non-hydrogen) atoms. The molecule has 0 aliphatic heterocycles. The summed E-state index contributed by atoms with van der Waals surface area (Å²) in [5.74, 6) is 0. The van der Waals surface area contributed by atoms with Gasteiger partial charge in [-0.1, -0.05) is 152 Å². The Labute approximate surface area is 302 Å². The molecule has 1 aromatic heterocycles. The molecule has 0 aliphatic rings. The van der Waals surface area contributed by atoms with Crippen LogP contribution in [0.3, 0.4) is 0 Å². The largest absolute Gasteiger partial charge is 0.456 e. The SMILES string of the molecule is c1ccc(-c2ccc(N(c3ccc(-c4cccc5ccccc45)cc3)c3ccc4oc5ccccc5c4c3-c3ccc4ccccc4c3)cc2)cc1. The first kappa shape index (κ1) is 30.0. The van der Waals surface area contributed by atoms with Crippen LogP contribution < -0.4 is 4.90 Å². The average Bonchev–Trinajstić information content (AvgIpc) is 3.60. The molecule has 0 spiro atoms. The zero-order valence-corrected chi connectivity index (χ0v) is 28.4. The summed E-state index contributed by atoms with van der Waals surface area (Å²) in [6, 6.07) is 71.7. The summed E-state index contributed by atoms with van der Waals surface area (Å²) in [6.45, 7) is 0. The Balaban J connectivity index is 1.21. The molecule has 0 saturated heterocycles. The Morgan fingerprint density at radius 2 is 0.942 bits per heavy atom. The van der Waals surface area contributed by atoms with Gasteiger partial charge in [0.25, 0.3) is 0 Å². The van der Waals surface area contributed by atoms with Gasteiger partial charge in [-0.15, -0.1) is 0 Å². The zero-order valence-electron chi connectivity index (χ0n) is 28.4. The molecule has 0 saturated carbocycles. The van der Waals surface area contributed by atoms with Gasteiger partial charge < -0.3 is 9.32 Å². The van der Waals surface area contributed by atoms with E-state index in [1.54, 1.807) is 0 Å². The summed E-state index contributed by atoms with van der Waals surface area (Å²) in [5, 5.41) is 7.13. The number of rotatable bonds is 6. The number of hydrogen-bond donors (Lipinski definition) is 0. The monoisotopic (exact) mass is 663 g/mol. The van der Waals surface area contributed by atoms with E-state index in [-0.39, 0.29) is 0 Å². The minimum atomic E-state index is 0.874. The van der Waals surface area contributed by atoms with Crippen LogP contribution in [0.1, 0.15) is 0 Å². The molecule has 2 nitrogen and oxygen atoms in total. The Morgan fingerprint density at radius 1 is 0.346 bits per heavy atom. The number of fused-ring (bicyclic) bond motifs is 5. The van der Waals surface area contributed by atoms with Crippen LogP contribution in [-0.4, -0.2) is 0 Å². The molecule has 10 aromatic rings. The van der Waals surface area contributed by atoms with E-state index in [4.69, 9.17) is 4.42 Å². The molecule has 0 aliphatic carbocycles. The maximum absolute atomic E-state index is 6.49. The van der Waals surface area contributed by atoms with Crippen LogP contribution in [0.15, 0.2) is 205 Å². The van der Waals surface area contributed by atoms with E-state index in [9.17, 15) is 0 Å². The third-order valence-corrected chi connectivity index (χ3v) is 10.3. The highest BCUT2D eigenvalue weighted by atomic mass is 16.3. The molecule has 9 aromatic carbocycles. The predicted octanol–water partition coefficient (Wildman–Crippen LogP) is 14.4. The number of furan rings is 1. The first-order chi connectivity index (χ1) is 25.8. The fraction of sp³-hybridized carbons (Fsp3) is 0. The van der Waals surface area contributed by atoms with Crippen molar-refractivity contribution in [1.29, 1.82) is 0 Å². The molecule has 0 atom stereocenters. The van der Waals surface area contributed by atoms with Gasteiger partial charge in [0.05, 0.1) is 5.69 Å². The fourth-order valence-corrected chi connectivity index (χ4v) is 7.76. The van der Waals surface area contributed by atoms with Gasteiger partial charge in [0, 0.05) is 27.7 Å². The number of hydrogen-bond acceptors (Lipinski definition) is 2. The van der Waals surface area contributed by atoms with E-state index in [0.717, 1.165) is 50.1 Å². The van der Waals surface area contributed by atoms with Crippen molar-refractivity contribution in [2.45, 2.75) is 0 Å². The van der Waals surface area contributed by atoms with Crippen molar-refractivity contribution in [2.75, 3.05) is 4.90 Å². The van der Waals surface area contributed by atoms with Crippen LogP contribution in [0.2, 0.25) is 0 Å². The lowest BCUT2D eigenvalue weighted by atomic mass is 9.94. The fourth-order valence-electron chi connectivity index (χ4n) is 7.76. The van der Waals surface area contributed by atoms with Gasteiger partial charge in [-0.25, -0.2) is 0 Å². The number of nitrogens with zero attached hydrogens (tertiary/aromatic N) is 1. The lowest BCUT2D eigenvalue weighted by Crippen LogP contribution is -2.11. The lowest BCUT2D eigenvalue weighted by molar-refractivity contribution is 0.669. The molecule has 0 bridgehead atoms. The third-order valence-electron chi connectivity index (χ3n) is 10.3. The van der Waals surface area contributed by atoms with Gasteiger partial charge in [-0.3, -0.25) is 0 Å². The highest BCUT2D eigenvalue weighted by Crippen LogP contribution is 2.48. The quantitative estimate of drug-likeness (QED) is 0.176. The third kappa shape index (κ3) is 5.12. The summed E-state index contributed by atoms with van der Waals surface area (Å²) in [6.07, 6.45) is 0. The van der Waals surface area contributed by atoms with Crippen LogP contribution in [0.25, 0.3) is 76.9 Å². The van der Waals surface area contributed by atoms with Crippen molar-refractivity contribution in [3.05, 3.63) is 200 Å². The molecular formula is C50H33NO. The first-order valence-electron chi connectivity index (χ1n) is 17.8. The van der Waals surface area contributed by atoms with Crippen molar-refractivity contribution in [2.24, 2.45) is 0 Å². The van der Waals surface area contributed by atoms with Crippen molar-refractivity contribution >= 4 is 60.5 Å². The molecular weight excluding hydrogens is 631 g/mol. The molecule has 0 N–H and O–H groups in total. The minimum Gasteiger partial charge on any atom is -0.456 e. The van der Waals surface area contributed by atoms with Crippen LogP contribution in [0.5, 0.6) is 0 Å². The highest BCUT2D eigenvalue weighted by Gasteiger charge is 2.23. The van der Waals surface area contributed by atoms with Gasteiger partial charge >= 0.3 is 0 Å². The summed E-state index contributed by atoms with van der Waals surface area (Å²) in [5.41, 5.74) is 12.1. The van der Waals surface area contributed by atoms with E-state index in [2.05, 4.69) is 199 Å². The topological polar surface area (TPSA) is 16.4 Å². The van der Waals surface area contributed by atoms with Gasteiger partial charge in [0.2, 0.25) is 0 Å². The number of anilines is 3. The molecule has 2 heteroatoms. The maximum atomic E-state index is 6.49. The van der Waals surface area contributed by atoms with Crippen LogP contribution in [0.4, 0.5) is 17.1 Å². The normalized spacial score (nSPS) is 11.5. The van der Waals surface area contributed by atoms with E-state index in [0.29, 0.717) is 0 Å². The summed E-state index contributed by atoms with van der Waals surface area (Å²) in [7, 11) is 0. The summed E-state index contributed by atoms with van der Waals surface area (Å²) >= 11 is 0. The predicted molar refractivity (Wildman–Crippen MR) is 220 cm³/mol. The summed E-state index contributed by atoms with van der Waals surface area (Å²) < 4.78 is 6.49. The molecule has 0 amide bonds. The van der Waals surface area contributed by atoms with Crippen LogP contribution >= 0.6 is 0 Å². The Kier molecular flexibility index (Phi) is 7.18. The number of benzene rings is 9. The maximum Gasteiger partial charge on any atom is 0.136 e. The van der Waals surface area contributed by atoms with Gasteiger partial charge in [-0.2, -0.15) is 0 Å². The number of para-hydroxylation sites is 1. The lowest BCUT2D eigenvalue weighted by Gasteiger charge is -2.29. The molecule has 10 rings (SSSR count). The molecule has 244 valence electrons. The van der Waals surface area contributed by atoms with E-state index in [1.807, 2.05) is 6.07 Å². The van der Waals surface area contributed by atoms with Crippen LogP contribution in [0, 0.1) is 0 Å². The van der Waals surface area contributed by atoms with E-state index < -0.39 is 0 Å². The summed E-state index contributed by atoms with van der Waals surface area (Å²) in [4.78, 5) is 2.40. The van der Waals surface area contributed by atoms with Gasteiger partial charge in [-0.05, 0) is 97.9 Å². The minimum absolute atomic E-state index is 0.874. The Bertz CT molecular complexity index is 2880. The van der Waals surface area contributed by atoms with Crippen molar-refractivity contribution in [3.8, 4) is 33.4 Å². The standard InChI is InChI=1S/C50H33NO/c1-2-11-34(12-3-1)36-23-27-41(28-24-36)51(42-29-25-38(26-30-42)44-19-10-16-37-14-6-7-17-43(37)44)46-31-32-48-50(45-18-8-9-20-47(45)52-48)49(46)40-22-21-35-13-4-5-15-39(35)33-40/h1-33H. The second kappa shape index (κ2) is 12.5. The molecule has 0 radical (unpaired) electrons. The Hall–Kier alpha value is -6.90. The first-order valence-corrected chi connectivity index (χ1v) is 17.8. The van der Waals surface area contributed by atoms with Crippen molar-refractivity contribution in [1.82, 2.24) is 0 Å². The van der Waals surface area contributed by atoms with Gasteiger partial charge in [0.1, 0.15) is 11.2 Å². The average molecular weight is 664 g/mol. The van der Waals surface area contributed by atoms with Crippen molar-refractivity contribution in [3.63, 3.8) is 0 Å². The molecule has 0 fully saturated rings. The molecule has 0 unspecified atom stereocenters. The van der Waals surface area contributed by atoms with Crippen molar-refractivity contribution < 1.29 is 4.42 Å². The highest BCUT2D eigenvalue weighted by molar-refractivity contribution is 6.17. The second-order valence-electron chi connectivity index (χ2n) is 13.3. The van der Waals surface area contributed by atoms with Gasteiger partial charge in [0.15, 0.2) is 0 Å². The zero-order chi connectivity index (χ0) is 34.4.